The second-order valence-corrected chi connectivity index (χ2v) is 6.11. The summed E-state index contributed by atoms with van der Waals surface area (Å²) in [6.07, 6.45) is 0.160. The smallest absolute Gasteiger partial charge is 0.338 e. The van der Waals surface area contributed by atoms with Gasteiger partial charge in [-0.25, -0.2) is 4.79 Å². The van der Waals surface area contributed by atoms with Crippen LogP contribution in [0.4, 0.5) is 11.4 Å². The Labute approximate surface area is 159 Å². The summed E-state index contributed by atoms with van der Waals surface area (Å²) in [7, 11) is 0. The molecule has 0 aromatic heterocycles. The van der Waals surface area contributed by atoms with Crippen molar-refractivity contribution in [3.05, 3.63) is 59.7 Å². The van der Waals surface area contributed by atoms with Gasteiger partial charge in [0.15, 0.2) is 0 Å². The molecule has 0 aliphatic carbocycles. The van der Waals surface area contributed by atoms with Gasteiger partial charge in [0, 0.05) is 31.3 Å². The lowest BCUT2D eigenvalue weighted by Gasteiger charge is -2.21. The van der Waals surface area contributed by atoms with Crippen molar-refractivity contribution >= 4 is 29.2 Å². The molecule has 2 aromatic carbocycles. The summed E-state index contributed by atoms with van der Waals surface area (Å²) in [6, 6.07) is 14.1. The number of hydrogen-bond acceptors (Lipinski definition) is 4. The fourth-order valence-corrected chi connectivity index (χ4v) is 2.62. The van der Waals surface area contributed by atoms with E-state index in [1.165, 1.54) is 11.8 Å². The molecule has 0 aliphatic heterocycles. The van der Waals surface area contributed by atoms with Crippen LogP contribution in [0.15, 0.2) is 48.5 Å². The van der Waals surface area contributed by atoms with Crippen LogP contribution in [0.25, 0.3) is 0 Å². The molecule has 1 N–H and O–H groups in total. The van der Waals surface area contributed by atoms with E-state index in [1.54, 1.807) is 31.2 Å². The quantitative estimate of drug-likeness (QED) is 0.758. The summed E-state index contributed by atoms with van der Waals surface area (Å²) in [6.45, 7) is 5.68. The number of aryl methyl sites for hydroxylation is 1. The van der Waals surface area contributed by atoms with E-state index in [0.717, 1.165) is 11.3 Å². The molecule has 0 aliphatic rings. The Hall–Kier alpha value is -3.15. The number of amides is 2. The van der Waals surface area contributed by atoms with Crippen molar-refractivity contribution in [3.63, 3.8) is 0 Å². The minimum atomic E-state index is -0.407. The van der Waals surface area contributed by atoms with E-state index >= 15 is 0 Å². The normalized spacial score (nSPS) is 10.2. The van der Waals surface area contributed by atoms with Gasteiger partial charge in [0.05, 0.1) is 12.2 Å². The fraction of sp³-hybridized carbons (Fsp3) is 0.286. The standard InChI is InChI=1S/C21H24N2O4/c1-4-27-21(26)17-8-10-19(11-9-17)23(16(3)24)13-12-20(25)22-18-7-5-6-15(2)14-18/h5-11,14H,4,12-13H2,1-3H3,(H,22,25). The minimum Gasteiger partial charge on any atom is -0.462 e. The summed E-state index contributed by atoms with van der Waals surface area (Å²) < 4.78 is 4.95. The molecule has 142 valence electrons. The Kier molecular flexibility index (Phi) is 7.11. The van der Waals surface area contributed by atoms with E-state index in [2.05, 4.69) is 5.32 Å². The zero-order valence-corrected chi connectivity index (χ0v) is 15.8. The van der Waals surface area contributed by atoms with E-state index in [0.29, 0.717) is 17.9 Å². The van der Waals surface area contributed by atoms with Crippen molar-refractivity contribution < 1.29 is 19.1 Å². The Morgan fingerprint density at radius 2 is 1.78 bits per heavy atom. The molecule has 27 heavy (non-hydrogen) atoms. The van der Waals surface area contributed by atoms with Crippen molar-refractivity contribution in [1.29, 1.82) is 0 Å². The fourth-order valence-electron chi connectivity index (χ4n) is 2.62. The van der Waals surface area contributed by atoms with Gasteiger partial charge < -0.3 is 15.0 Å². The molecule has 6 nitrogen and oxygen atoms in total. The Morgan fingerprint density at radius 3 is 2.37 bits per heavy atom. The van der Waals surface area contributed by atoms with Crippen LogP contribution in [-0.4, -0.2) is 30.9 Å². The number of nitrogens with zero attached hydrogens (tertiary/aromatic N) is 1. The van der Waals surface area contributed by atoms with Crippen LogP contribution >= 0.6 is 0 Å². The van der Waals surface area contributed by atoms with Crippen molar-refractivity contribution in [2.75, 3.05) is 23.4 Å². The number of carbonyl (C=O) groups is 3. The van der Waals surface area contributed by atoms with Crippen LogP contribution in [0.3, 0.4) is 0 Å². The number of hydrogen-bond donors (Lipinski definition) is 1. The van der Waals surface area contributed by atoms with Crippen LogP contribution in [0, 0.1) is 6.92 Å². The highest BCUT2D eigenvalue weighted by Gasteiger charge is 2.15. The average Bonchev–Trinajstić information content (AvgIpc) is 2.62. The molecule has 0 saturated heterocycles. The number of carbonyl (C=O) groups excluding carboxylic acids is 3. The van der Waals surface area contributed by atoms with Crippen LogP contribution in [-0.2, 0) is 14.3 Å². The third-order valence-corrected chi connectivity index (χ3v) is 3.93. The summed E-state index contributed by atoms with van der Waals surface area (Å²) in [4.78, 5) is 37.4. The van der Waals surface area contributed by atoms with E-state index in [4.69, 9.17) is 4.74 Å². The molecule has 2 aromatic rings. The van der Waals surface area contributed by atoms with Crippen molar-refractivity contribution in [3.8, 4) is 0 Å². The number of esters is 1. The van der Waals surface area contributed by atoms with Gasteiger partial charge in [0.2, 0.25) is 11.8 Å². The maximum absolute atomic E-state index is 12.2. The highest BCUT2D eigenvalue weighted by Crippen LogP contribution is 2.17. The molecule has 0 atom stereocenters. The predicted molar refractivity (Wildman–Crippen MR) is 105 cm³/mol. The molecule has 0 bridgehead atoms. The van der Waals surface area contributed by atoms with Crippen LogP contribution in [0.1, 0.15) is 36.2 Å². The summed E-state index contributed by atoms with van der Waals surface area (Å²) in [5.41, 5.74) is 2.83. The first-order valence-electron chi connectivity index (χ1n) is 8.82. The third-order valence-electron chi connectivity index (χ3n) is 3.93. The zero-order valence-electron chi connectivity index (χ0n) is 15.8. The summed E-state index contributed by atoms with van der Waals surface area (Å²) >= 11 is 0. The van der Waals surface area contributed by atoms with Crippen molar-refractivity contribution in [1.82, 2.24) is 0 Å². The van der Waals surface area contributed by atoms with Crippen molar-refractivity contribution in [2.24, 2.45) is 0 Å². The first-order chi connectivity index (χ1) is 12.9. The monoisotopic (exact) mass is 368 g/mol. The molecular formula is C21H24N2O4. The van der Waals surface area contributed by atoms with Crippen molar-refractivity contribution in [2.45, 2.75) is 27.2 Å². The zero-order chi connectivity index (χ0) is 19.8. The topological polar surface area (TPSA) is 75.7 Å². The van der Waals surface area contributed by atoms with Gasteiger partial charge in [-0.3, -0.25) is 9.59 Å². The molecule has 2 amide bonds. The Morgan fingerprint density at radius 1 is 1.07 bits per heavy atom. The maximum atomic E-state index is 12.2. The molecule has 0 fully saturated rings. The first-order valence-corrected chi connectivity index (χ1v) is 8.82. The lowest BCUT2D eigenvalue weighted by Crippen LogP contribution is -2.32. The number of anilines is 2. The molecule has 0 unspecified atom stereocenters. The SMILES string of the molecule is CCOC(=O)c1ccc(N(CCC(=O)Nc2cccc(C)c2)C(C)=O)cc1. The number of nitrogens with one attached hydrogen (secondary N) is 1. The van der Waals surface area contributed by atoms with E-state index in [9.17, 15) is 14.4 Å². The van der Waals surface area contributed by atoms with Crippen LogP contribution in [0.2, 0.25) is 0 Å². The largest absolute Gasteiger partial charge is 0.462 e. The molecule has 0 radical (unpaired) electrons. The highest BCUT2D eigenvalue weighted by molar-refractivity contribution is 5.95. The molecule has 0 saturated carbocycles. The van der Waals surface area contributed by atoms with Crippen LogP contribution in [0.5, 0.6) is 0 Å². The molecule has 0 spiro atoms. The molecule has 2 rings (SSSR count). The first kappa shape index (κ1) is 20.2. The lowest BCUT2D eigenvalue weighted by molar-refractivity contribution is -0.117. The summed E-state index contributed by atoms with van der Waals surface area (Å²) in [5, 5.41) is 2.83. The van der Waals surface area contributed by atoms with Crippen LogP contribution < -0.4 is 10.2 Å². The Bertz CT molecular complexity index is 815. The van der Waals surface area contributed by atoms with Gasteiger partial charge >= 0.3 is 5.97 Å². The number of ether oxygens (including phenoxy) is 1. The number of benzene rings is 2. The minimum absolute atomic E-state index is 0.160. The highest BCUT2D eigenvalue weighted by atomic mass is 16.5. The van der Waals surface area contributed by atoms with E-state index < -0.39 is 5.97 Å². The second-order valence-electron chi connectivity index (χ2n) is 6.11. The van der Waals surface area contributed by atoms with Gasteiger partial charge in [-0.1, -0.05) is 12.1 Å². The van der Waals surface area contributed by atoms with E-state index in [-0.39, 0.29) is 24.8 Å². The third kappa shape index (κ3) is 5.95. The van der Waals surface area contributed by atoms with Gasteiger partial charge in [-0.15, -0.1) is 0 Å². The van der Waals surface area contributed by atoms with E-state index in [1.807, 2.05) is 31.2 Å². The molecular weight excluding hydrogens is 344 g/mol. The second kappa shape index (κ2) is 9.52. The van der Waals surface area contributed by atoms with Gasteiger partial charge in [0.1, 0.15) is 0 Å². The van der Waals surface area contributed by atoms with Gasteiger partial charge in [-0.2, -0.15) is 0 Å². The molecule has 6 heteroatoms. The Balaban J connectivity index is 1.99. The van der Waals surface area contributed by atoms with Gasteiger partial charge in [-0.05, 0) is 55.8 Å². The summed E-state index contributed by atoms with van der Waals surface area (Å²) in [5.74, 6) is -0.756. The lowest BCUT2D eigenvalue weighted by atomic mass is 10.2. The maximum Gasteiger partial charge on any atom is 0.338 e. The molecule has 0 heterocycles. The number of rotatable bonds is 7. The predicted octanol–water partition coefficient (Wildman–Crippen LogP) is 3.55. The average molecular weight is 368 g/mol. The van der Waals surface area contributed by atoms with Gasteiger partial charge in [0.25, 0.3) is 0 Å².